The van der Waals surface area contributed by atoms with E-state index in [4.69, 9.17) is 0 Å². The highest BCUT2D eigenvalue weighted by atomic mass is 16.2. The van der Waals surface area contributed by atoms with Crippen molar-refractivity contribution in [2.75, 3.05) is 6.54 Å². The van der Waals surface area contributed by atoms with Crippen LogP contribution in [0.5, 0.6) is 0 Å². The Morgan fingerprint density at radius 2 is 2.00 bits per heavy atom. The van der Waals surface area contributed by atoms with Gasteiger partial charge in [0, 0.05) is 6.04 Å². The molecular weight excluding hydrogens is 180 g/mol. The van der Waals surface area contributed by atoms with E-state index in [1.165, 1.54) is 0 Å². The van der Waals surface area contributed by atoms with Gasteiger partial charge >= 0.3 is 0 Å². The van der Waals surface area contributed by atoms with Gasteiger partial charge in [-0.3, -0.25) is 9.59 Å². The molecule has 0 spiro atoms. The minimum Gasteiger partial charge on any atom is -0.345 e. The summed E-state index contributed by atoms with van der Waals surface area (Å²) in [6, 6.07) is -0.121. The molecule has 1 fully saturated rings. The van der Waals surface area contributed by atoms with Gasteiger partial charge in [-0.1, -0.05) is 12.2 Å². The van der Waals surface area contributed by atoms with E-state index in [0.717, 1.165) is 12.8 Å². The van der Waals surface area contributed by atoms with Crippen LogP contribution >= 0.6 is 0 Å². The predicted octanol–water partition coefficient (Wildman–Crippen LogP) is 0.0519. The Morgan fingerprint density at radius 3 is 2.64 bits per heavy atom. The van der Waals surface area contributed by atoms with Crippen molar-refractivity contribution < 1.29 is 9.59 Å². The Hall–Kier alpha value is -1.32. The minimum atomic E-state index is -0.318. The molecule has 76 valence electrons. The van der Waals surface area contributed by atoms with E-state index in [1.807, 2.05) is 0 Å². The highest BCUT2D eigenvalue weighted by Gasteiger charge is 2.35. The number of nitrogens with one attached hydrogen (secondary N) is 1. The van der Waals surface area contributed by atoms with Crippen molar-refractivity contribution in [3.63, 3.8) is 0 Å². The summed E-state index contributed by atoms with van der Waals surface area (Å²) in [5, 5.41) is 2.58. The maximum absolute atomic E-state index is 11.6. The highest BCUT2D eigenvalue weighted by Crippen LogP contribution is 2.21. The molecule has 1 aliphatic heterocycles. The van der Waals surface area contributed by atoms with Crippen LogP contribution in [-0.2, 0) is 9.59 Å². The molecular formula is C10H14N2O2. The molecule has 1 saturated heterocycles. The Bertz CT molecular complexity index is 290. The van der Waals surface area contributed by atoms with Crippen LogP contribution in [0.3, 0.4) is 0 Å². The smallest absolute Gasteiger partial charge is 0.242 e. The number of hydrogen-bond donors (Lipinski definition) is 1. The molecule has 2 aliphatic rings. The van der Waals surface area contributed by atoms with E-state index in [0.29, 0.717) is 0 Å². The normalized spacial score (nSPS) is 28.4. The fourth-order valence-electron chi connectivity index (χ4n) is 2.09. The summed E-state index contributed by atoms with van der Waals surface area (Å²) in [5.41, 5.74) is 0. The third-order valence-electron chi connectivity index (χ3n) is 2.87. The lowest BCUT2D eigenvalue weighted by Gasteiger charge is -2.37. The quantitative estimate of drug-likeness (QED) is 0.600. The molecule has 2 rings (SSSR count). The predicted molar refractivity (Wildman–Crippen MR) is 51.5 cm³/mol. The van der Waals surface area contributed by atoms with Gasteiger partial charge in [-0.25, -0.2) is 0 Å². The SMILES string of the molecule is CC1C(=O)NCC(=O)N1C1CC=CC1. The molecule has 0 bridgehead atoms. The van der Waals surface area contributed by atoms with Crippen LogP contribution in [0.1, 0.15) is 19.8 Å². The summed E-state index contributed by atoms with van der Waals surface area (Å²) in [7, 11) is 0. The summed E-state index contributed by atoms with van der Waals surface area (Å²) in [6.07, 6.45) is 5.89. The van der Waals surface area contributed by atoms with Crippen molar-refractivity contribution in [3.05, 3.63) is 12.2 Å². The second-order valence-corrected chi connectivity index (χ2v) is 3.79. The van der Waals surface area contributed by atoms with E-state index in [2.05, 4.69) is 17.5 Å². The first-order valence-electron chi connectivity index (χ1n) is 4.94. The van der Waals surface area contributed by atoms with Crippen molar-refractivity contribution in [2.24, 2.45) is 0 Å². The summed E-state index contributed by atoms with van der Waals surface area (Å²) in [6.45, 7) is 1.93. The molecule has 1 N–H and O–H groups in total. The molecule has 1 unspecified atom stereocenters. The molecule has 0 aromatic rings. The van der Waals surface area contributed by atoms with Crippen LogP contribution in [0, 0.1) is 0 Å². The van der Waals surface area contributed by atoms with E-state index in [-0.39, 0.29) is 30.4 Å². The van der Waals surface area contributed by atoms with E-state index < -0.39 is 0 Å². The Labute approximate surface area is 83.0 Å². The molecule has 1 aliphatic carbocycles. The first kappa shape index (κ1) is 9.24. The highest BCUT2D eigenvalue weighted by molar-refractivity contribution is 5.94. The molecule has 14 heavy (non-hydrogen) atoms. The van der Waals surface area contributed by atoms with E-state index >= 15 is 0 Å². The standard InChI is InChI=1S/C10H14N2O2/c1-7-10(14)11-6-9(13)12(7)8-4-2-3-5-8/h2-3,7-8H,4-6H2,1H3,(H,11,14). The average Bonchev–Trinajstić information content (AvgIpc) is 2.65. The number of carbonyl (C=O) groups is 2. The Morgan fingerprint density at radius 1 is 1.36 bits per heavy atom. The number of rotatable bonds is 1. The third kappa shape index (κ3) is 1.41. The van der Waals surface area contributed by atoms with E-state index in [1.54, 1.807) is 11.8 Å². The topological polar surface area (TPSA) is 49.4 Å². The van der Waals surface area contributed by atoms with Crippen molar-refractivity contribution in [1.82, 2.24) is 10.2 Å². The molecule has 0 radical (unpaired) electrons. The zero-order valence-corrected chi connectivity index (χ0v) is 8.19. The molecule has 1 heterocycles. The van der Waals surface area contributed by atoms with Gasteiger partial charge in [0.2, 0.25) is 11.8 Å². The zero-order valence-electron chi connectivity index (χ0n) is 8.19. The fraction of sp³-hybridized carbons (Fsp3) is 0.600. The second kappa shape index (κ2) is 3.44. The lowest BCUT2D eigenvalue weighted by atomic mass is 10.1. The largest absolute Gasteiger partial charge is 0.345 e. The van der Waals surface area contributed by atoms with Crippen LogP contribution in [0.15, 0.2) is 12.2 Å². The van der Waals surface area contributed by atoms with Crippen LogP contribution in [0.4, 0.5) is 0 Å². The van der Waals surface area contributed by atoms with E-state index in [9.17, 15) is 9.59 Å². The maximum Gasteiger partial charge on any atom is 0.242 e. The Kier molecular flexibility index (Phi) is 2.27. The van der Waals surface area contributed by atoms with Crippen molar-refractivity contribution in [2.45, 2.75) is 31.8 Å². The van der Waals surface area contributed by atoms with Gasteiger partial charge in [0.1, 0.15) is 6.04 Å². The summed E-state index contributed by atoms with van der Waals surface area (Å²) in [4.78, 5) is 24.7. The number of nitrogens with zero attached hydrogens (tertiary/aromatic N) is 1. The fourth-order valence-corrected chi connectivity index (χ4v) is 2.09. The molecule has 0 aromatic heterocycles. The molecule has 4 nitrogen and oxygen atoms in total. The van der Waals surface area contributed by atoms with Gasteiger partial charge in [-0.05, 0) is 19.8 Å². The summed E-state index contributed by atoms with van der Waals surface area (Å²) >= 11 is 0. The van der Waals surface area contributed by atoms with Crippen molar-refractivity contribution in [3.8, 4) is 0 Å². The summed E-state index contributed by atoms with van der Waals surface area (Å²) < 4.78 is 0. The van der Waals surface area contributed by atoms with Gasteiger partial charge in [0.05, 0.1) is 6.54 Å². The average molecular weight is 194 g/mol. The number of piperazine rings is 1. The second-order valence-electron chi connectivity index (χ2n) is 3.79. The van der Waals surface area contributed by atoms with Gasteiger partial charge in [-0.2, -0.15) is 0 Å². The zero-order chi connectivity index (χ0) is 10.1. The number of hydrogen-bond acceptors (Lipinski definition) is 2. The summed E-state index contributed by atoms with van der Waals surface area (Å²) in [5.74, 6) is -0.0118. The van der Waals surface area contributed by atoms with Gasteiger partial charge in [0.15, 0.2) is 0 Å². The molecule has 0 aromatic carbocycles. The lowest BCUT2D eigenvalue weighted by Crippen LogP contribution is -2.59. The van der Waals surface area contributed by atoms with Gasteiger partial charge < -0.3 is 10.2 Å². The lowest BCUT2D eigenvalue weighted by molar-refractivity contribution is -0.147. The van der Waals surface area contributed by atoms with Crippen molar-refractivity contribution in [1.29, 1.82) is 0 Å². The Balaban J connectivity index is 2.13. The minimum absolute atomic E-state index is 0.0331. The van der Waals surface area contributed by atoms with Crippen LogP contribution < -0.4 is 5.32 Å². The monoisotopic (exact) mass is 194 g/mol. The van der Waals surface area contributed by atoms with Crippen LogP contribution in [0.25, 0.3) is 0 Å². The number of amides is 2. The molecule has 1 atom stereocenters. The van der Waals surface area contributed by atoms with Crippen molar-refractivity contribution >= 4 is 11.8 Å². The van der Waals surface area contributed by atoms with Crippen LogP contribution in [-0.4, -0.2) is 35.3 Å². The maximum atomic E-state index is 11.6. The third-order valence-corrected chi connectivity index (χ3v) is 2.87. The number of carbonyl (C=O) groups excluding carboxylic acids is 2. The van der Waals surface area contributed by atoms with Gasteiger partial charge in [0.25, 0.3) is 0 Å². The first-order valence-corrected chi connectivity index (χ1v) is 4.94. The van der Waals surface area contributed by atoms with Gasteiger partial charge in [-0.15, -0.1) is 0 Å². The molecule has 2 amide bonds. The molecule has 4 heteroatoms. The first-order chi connectivity index (χ1) is 6.70. The van der Waals surface area contributed by atoms with Crippen LogP contribution in [0.2, 0.25) is 0 Å². The molecule has 0 saturated carbocycles.